The average molecular weight is 215 g/mol. The highest BCUT2D eigenvalue weighted by Gasteiger charge is 2.36. The maximum absolute atomic E-state index is 11.9. The van der Waals surface area contributed by atoms with Crippen LogP contribution < -0.4 is 5.73 Å². The monoisotopic (exact) mass is 214 g/mol. The fourth-order valence-corrected chi connectivity index (χ4v) is 0.866. The second kappa shape index (κ2) is 4.50. The molecule has 0 aromatic rings. The summed E-state index contributed by atoms with van der Waals surface area (Å²) < 4.78 is 35.7. The molecule has 0 aliphatic heterocycles. The smallest absolute Gasteiger partial charge is 0.401 e. The van der Waals surface area contributed by atoms with Crippen LogP contribution in [0, 0.1) is 5.41 Å². The van der Waals surface area contributed by atoms with E-state index in [2.05, 4.69) is 0 Å². The first kappa shape index (κ1) is 12.3. The SMILES string of the molecule is CCC/C(N)=C(\Cl)C(=N)C(F)(F)F. The van der Waals surface area contributed by atoms with Gasteiger partial charge < -0.3 is 5.73 Å². The quantitative estimate of drug-likeness (QED) is 0.698. The van der Waals surface area contributed by atoms with Gasteiger partial charge in [-0.1, -0.05) is 24.9 Å². The molecule has 3 N–H and O–H groups in total. The van der Waals surface area contributed by atoms with Crippen LogP contribution in [0.25, 0.3) is 0 Å². The molecule has 0 aliphatic carbocycles. The summed E-state index contributed by atoms with van der Waals surface area (Å²) in [4.78, 5) is 0. The van der Waals surface area contributed by atoms with Crippen molar-refractivity contribution in [2.75, 3.05) is 0 Å². The molecule has 0 unspecified atom stereocenters. The maximum atomic E-state index is 11.9. The van der Waals surface area contributed by atoms with E-state index in [0.717, 1.165) is 0 Å². The van der Waals surface area contributed by atoms with E-state index < -0.39 is 16.9 Å². The van der Waals surface area contributed by atoms with Crippen molar-refractivity contribution < 1.29 is 13.2 Å². The molecule has 13 heavy (non-hydrogen) atoms. The number of nitrogens with one attached hydrogen (secondary N) is 1. The standard InChI is InChI=1S/C7H10ClF3N2/c1-2-3-4(12)5(8)6(13)7(9,10)11/h13H,2-3,12H2,1H3/b5-4+,13-6?. The predicted molar refractivity (Wildman–Crippen MR) is 45.8 cm³/mol. The summed E-state index contributed by atoms with van der Waals surface area (Å²) in [7, 11) is 0. The van der Waals surface area contributed by atoms with Crippen LogP contribution in [0.2, 0.25) is 0 Å². The summed E-state index contributed by atoms with van der Waals surface area (Å²) in [5.41, 5.74) is 3.56. The molecule has 0 aliphatic rings. The highest BCUT2D eigenvalue weighted by Crippen LogP contribution is 2.24. The molecule has 76 valence electrons. The van der Waals surface area contributed by atoms with Gasteiger partial charge in [0.25, 0.3) is 0 Å². The zero-order chi connectivity index (χ0) is 10.6. The van der Waals surface area contributed by atoms with Gasteiger partial charge in [0.15, 0.2) is 5.71 Å². The number of alkyl halides is 3. The summed E-state index contributed by atoms with van der Waals surface area (Å²) in [6.07, 6.45) is -3.88. The summed E-state index contributed by atoms with van der Waals surface area (Å²) >= 11 is 5.26. The number of allylic oxidation sites excluding steroid dienone is 2. The Morgan fingerprint density at radius 3 is 2.23 bits per heavy atom. The molecule has 0 saturated heterocycles. The van der Waals surface area contributed by atoms with Gasteiger partial charge in [-0.2, -0.15) is 13.2 Å². The highest BCUT2D eigenvalue weighted by molar-refractivity contribution is 6.44. The van der Waals surface area contributed by atoms with Gasteiger partial charge in [-0.3, -0.25) is 5.41 Å². The van der Waals surface area contributed by atoms with E-state index in [1.165, 1.54) is 0 Å². The first-order valence-corrected chi connectivity index (χ1v) is 3.98. The molecule has 6 heteroatoms. The van der Waals surface area contributed by atoms with Crippen LogP contribution >= 0.6 is 11.6 Å². The minimum atomic E-state index is -4.73. The van der Waals surface area contributed by atoms with Crippen molar-refractivity contribution in [1.29, 1.82) is 5.41 Å². The second-order valence-corrected chi connectivity index (χ2v) is 2.84. The molecular weight excluding hydrogens is 205 g/mol. The largest absolute Gasteiger partial charge is 0.434 e. The average Bonchev–Trinajstić information content (AvgIpc) is 2.00. The molecule has 0 aromatic heterocycles. The molecule has 0 atom stereocenters. The fraction of sp³-hybridized carbons (Fsp3) is 0.571. The van der Waals surface area contributed by atoms with Gasteiger partial charge in [0.2, 0.25) is 0 Å². The van der Waals surface area contributed by atoms with Gasteiger partial charge in [0.05, 0.1) is 5.03 Å². The molecule has 0 fully saturated rings. The van der Waals surface area contributed by atoms with Crippen molar-refractivity contribution in [3.05, 3.63) is 10.7 Å². The minimum Gasteiger partial charge on any atom is -0.401 e. The minimum absolute atomic E-state index is 0.0912. The van der Waals surface area contributed by atoms with E-state index in [1.807, 2.05) is 0 Å². The molecule has 0 spiro atoms. The van der Waals surface area contributed by atoms with E-state index in [1.54, 1.807) is 6.92 Å². The summed E-state index contributed by atoms with van der Waals surface area (Å²) in [5, 5.41) is 5.96. The Morgan fingerprint density at radius 1 is 1.46 bits per heavy atom. The van der Waals surface area contributed by atoms with Crippen molar-refractivity contribution in [2.45, 2.75) is 25.9 Å². The molecule has 0 bridgehead atoms. The lowest BCUT2D eigenvalue weighted by atomic mass is 10.2. The molecule has 0 radical (unpaired) electrons. The van der Waals surface area contributed by atoms with Gasteiger partial charge in [-0.05, 0) is 6.42 Å². The van der Waals surface area contributed by atoms with Gasteiger partial charge in [-0.25, -0.2) is 0 Å². The lowest BCUT2D eigenvalue weighted by molar-refractivity contribution is -0.0586. The molecular formula is C7H10ClF3N2. The van der Waals surface area contributed by atoms with Crippen LogP contribution in [0.4, 0.5) is 13.2 Å². The van der Waals surface area contributed by atoms with Gasteiger partial charge >= 0.3 is 6.18 Å². The number of hydrogen-bond acceptors (Lipinski definition) is 2. The fourth-order valence-electron chi connectivity index (χ4n) is 0.664. The second-order valence-electron chi connectivity index (χ2n) is 2.46. The Bertz CT molecular complexity index is 232. The van der Waals surface area contributed by atoms with Gasteiger partial charge in [0, 0.05) is 5.70 Å². The molecule has 0 saturated carbocycles. The number of hydrogen-bond donors (Lipinski definition) is 2. The molecule has 0 aromatic carbocycles. The lowest BCUT2D eigenvalue weighted by Crippen LogP contribution is -2.24. The van der Waals surface area contributed by atoms with Crippen molar-refractivity contribution >= 4 is 17.3 Å². The Morgan fingerprint density at radius 2 is 1.92 bits per heavy atom. The van der Waals surface area contributed by atoms with Crippen LogP contribution in [-0.4, -0.2) is 11.9 Å². The predicted octanol–water partition coefficient (Wildman–Crippen LogP) is 2.78. The Hall–Kier alpha value is -0.710. The van der Waals surface area contributed by atoms with Crippen molar-refractivity contribution in [3.8, 4) is 0 Å². The van der Waals surface area contributed by atoms with Crippen molar-refractivity contribution in [3.63, 3.8) is 0 Å². The van der Waals surface area contributed by atoms with Crippen LogP contribution in [0.3, 0.4) is 0 Å². The molecule has 0 amide bonds. The number of nitrogens with two attached hydrogens (primary N) is 1. The van der Waals surface area contributed by atoms with Crippen molar-refractivity contribution in [2.24, 2.45) is 5.73 Å². The summed E-state index contributed by atoms with van der Waals surface area (Å²) in [6.45, 7) is 1.76. The third kappa shape index (κ3) is 3.67. The molecule has 2 nitrogen and oxygen atoms in total. The highest BCUT2D eigenvalue weighted by atomic mass is 35.5. The summed E-state index contributed by atoms with van der Waals surface area (Å²) in [6, 6.07) is 0. The molecule has 0 heterocycles. The van der Waals surface area contributed by atoms with Crippen LogP contribution in [0.1, 0.15) is 19.8 Å². The van der Waals surface area contributed by atoms with E-state index in [0.29, 0.717) is 6.42 Å². The Labute approximate surface area is 79.1 Å². The maximum Gasteiger partial charge on any atom is 0.434 e. The number of rotatable bonds is 3. The van der Waals surface area contributed by atoms with Gasteiger partial charge in [-0.15, -0.1) is 0 Å². The van der Waals surface area contributed by atoms with Crippen molar-refractivity contribution in [1.82, 2.24) is 0 Å². The van der Waals surface area contributed by atoms with Crippen LogP contribution in [-0.2, 0) is 0 Å². The topological polar surface area (TPSA) is 49.9 Å². The zero-order valence-electron chi connectivity index (χ0n) is 7.00. The van der Waals surface area contributed by atoms with Gasteiger partial charge in [0.1, 0.15) is 0 Å². The normalized spacial score (nSPS) is 13.9. The Balaban J connectivity index is 4.68. The third-order valence-electron chi connectivity index (χ3n) is 1.30. The first-order valence-electron chi connectivity index (χ1n) is 3.61. The van der Waals surface area contributed by atoms with Crippen LogP contribution in [0.15, 0.2) is 10.7 Å². The van der Waals surface area contributed by atoms with E-state index in [9.17, 15) is 13.2 Å². The van der Waals surface area contributed by atoms with E-state index in [4.69, 9.17) is 22.7 Å². The Kier molecular flexibility index (Phi) is 4.26. The zero-order valence-corrected chi connectivity index (χ0v) is 7.76. The van der Waals surface area contributed by atoms with E-state index in [-0.39, 0.29) is 12.1 Å². The van der Waals surface area contributed by atoms with Crippen LogP contribution in [0.5, 0.6) is 0 Å². The lowest BCUT2D eigenvalue weighted by Gasteiger charge is -2.09. The third-order valence-corrected chi connectivity index (χ3v) is 1.74. The summed E-state index contributed by atoms with van der Waals surface area (Å²) in [5.74, 6) is 0. The van der Waals surface area contributed by atoms with E-state index >= 15 is 0 Å². The first-order chi connectivity index (χ1) is 5.80. The molecule has 0 rings (SSSR count). The number of halogens is 4.